The van der Waals surface area contributed by atoms with E-state index in [1.165, 1.54) is 6.33 Å². The van der Waals surface area contributed by atoms with Crippen LogP contribution in [0, 0.1) is 5.92 Å². The first kappa shape index (κ1) is 7.18. The van der Waals surface area contributed by atoms with Gasteiger partial charge in [0.05, 0.1) is 6.54 Å². The molecule has 0 aliphatic heterocycles. The fraction of sp³-hybridized carbons (Fsp3) is 0.833. The summed E-state index contributed by atoms with van der Waals surface area (Å²) in [5.41, 5.74) is 0. The lowest BCUT2D eigenvalue weighted by Gasteiger charge is -2.00. The summed E-state index contributed by atoms with van der Waals surface area (Å²) in [5, 5.41) is 11.2. The molecule has 0 unspecified atom stereocenters. The summed E-state index contributed by atoms with van der Waals surface area (Å²) in [5.74, 6) is 0.700. The van der Waals surface area contributed by atoms with Crippen LogP contribution in [0.25, 0.3) is 0 Å². The minimum atomic E-state index is 0.700. The molecule has 0 amide bonds. The lowest BCUT2D eigenvalue weighted by Crippen LogP contribution is -2.04. The Hall–Kier alpha value is -0.930. The van der Waals surface area contributed by atoms with Gasteiger partial charge in [-0.2, -0.15) is 4.80 Å². The van der Waals surface area contributed by atoms with Crippen LogP contribution in [-0.2, 0) is 6.54 Å². The summed E-state index contributed by atoms with van der Waals surface area (Å²) in [6.07, 6.45) is 2.57. The number of hydrogen-bond donors (Lipinski definition) is 0. The molecule has 0 aromatic carbocycles. The first-order chi connectivity index (χ1) is 4.79. The molecule has 56 valence electrons. The molecule has 0 aliphatic rings. The van der Waals surface area contributed by atoms with Gasteiger partial charge < -0.3 is 0 Å². The second-order valence-electron chi connectivity index (χ2n) is 2.71. The summed E-state index contributed by atoms with van der Waals surface area (Å²) in [6, 6.07) is 0. The Labute approximate surface area is 60.2 Å². The Bertz CT molecular complexity index is 168. The highest BCUT2D eigenvalue weighted by Crippen LogP contribution is 1.99. The number of tetrazole rings is 1. The molecule has 1 rings (SSSR count). The average molecular weight is 140 g/mol. The van der Waals surface area contributed by atoms with Gasteiger partial charge in [-0.3, -0.25) is 0 Å². The van der Waals surface area contributed by atoms with Crippen LogP contribution < -0.4 is 0 Å². The maximum Gasteiger partial charge on any atom is 0.162 e. The van der Waals surface area contributed by atoms with Crippen LogP contribution in [0.2, 0.25) is 0 Å². The van der Waals surface area contributed by atoms with Gasteiger partial charge >= 0.3 is 0 Å². The Balaban J connectivity index is 2.28. The van der Waals surface area contributed by atoms with Gasteiger partial charge in [-0.15, -0.1) is 10.2 Å². The third-order valence-corrected chi connectivity index (χ3v) is 1.30. The van der Waals surface area contributed by atoms with Crippen molar-refractivity contribution in [3.8, 4) is 0 Å². The molecule has 0 bridgehead atoms. The fourth-order valence-corrected chi connectivity index (χ4v) is 0.665. The van der Waals surface area contributed by atoms with Crippen LogP contribution in [0.3, 0.4) is 0 Å². The third kappa shape index (κ3) is 2.13. The van der Waals surface area contributed by atoms with Crippen LogP contribution >= 0.6 is 0 Å². The van der Waals surface area contributed by atoms with Crippen molar-refractivity contribution in [3.63, 3.8) is 0 Å². The van der Waals surface area contributed by atoms with Crippen molar-refractivity contribution < 1.29 is 0 Å². The third-order valence-electron chi connectivity index (χ3n) is 1.30. The summed E-state index contributed by atoms with van der Waals surface area (Å²) in [7, 11) is 0. The maximum absolute atomic E-state index is 3.88. The molecule has 1 heterocycles. The summed E-state index contributed by atoms with van der Waals surface area (Å²) >= 11 is 0. The van der Waals surface area contributed by atoms with Crippen molar-refractivity contribution in [3.05, 3.63) is 6.33 Å². The average Bonchev–Trinajstić information content (AvgIpc) is 2.34. The number of hydrogen-bond acceptors (Lipinski definition) is 3. The first-order valence-electron chi connectivity index (χ1n) is 3.50. The SMILES string of the molecule is CC(C)CCn1ncnn1. The lowest BCUT2D eigenvalue weighted by molar-refractivity contribution is 0.442. The molecular weight excluding hydrogens is 128 g/mol. The van der Waals surface area contributed by atoms with E-state index in [2.05, 4.69) is 29.3 Å². The molecule has 10 heavy (non-hydrogen) atoms. The largest absolute Gasteiger partial charge is 0.164 e. The van der Waals surface area contributed by atoms with Gasteiger partial charge in [-0.1, -0.05) is 13.8 Å². The van der Waals surface area contributed by atoms with Crippen LogP contribution in [0.15, 0.2) is 6.33 Å². The predicted octanol–water partition coefficient (Wildman–Crippen LogP) is 0.719. The Morgan fingerprint density at radius 1 is 1.50 bits per heavy atom. The summed E-state index contributed by atoms with van der Waals surface area (Å²) in [6.45, 7) is 5.23. The minimum absolute atomic E-state index is 0.700. The zero-order valence-corrected chi connectivity index (χ0v) is 6.36. The second kappa shape index (κ2) is 3.29. The van der Waals surface area contributed by atoms with Gasteiger partial charge in [0.25, 0.3) is 0 Å². The zero-order valence-electron chi connectivity index (χ0n) is 6.36. The van der Waals surface area contributed by atoms with Crippen molar-refractivity contribution in [2.75, 3.05) is 0 Å². The van der Waals surface area contributed by atoms with Crippen LogP contribution in [0.4, 0.5) is 0 Å². The van der Waals surface area contributed by atoms with E-state index in [4.69, 9.17) is 0 Å². The summed E-state index contributed by atoms with van der Waals surface area (Å²) in [4.78, 5) is 1.61. The van der Waals surface area contributed by atoms with Gasteiger partial charge in [0.1, 0.15) is 0 Å². The number of nitrogens with zero attached hydrogens (tertiary/aromatic N) is 4. The van der Waals surface area contributed by atoms with E-state index < -0.39 is 0 Å². The lowest BCUT2D eigenvalue weighted by atomic mass is 10.1. The van der Waals surface area contributed by atoms with E-state index >= 15 is 0 Å². The molecule has 1 aromatic rings. The molecule has 4 heteroatoms. The molecule has 0 saturated heterocycles. The standard InChI is InChI=1S/C6H12N4/c1-6(2)3-4-10-8-5-7-9-10/h5-6H,3-4H2,1-2H3. The highest BCUT2D eigenvalue weighted by molar-refractivity contribution is 4.44. The van der Waals surface area contributed by atoms with Gasteiger partial charge in [0.2, 0.25) is 0 Å². The van der Waals surface area contributed by atoms with Crippen molar-refractivity contribution in [1.82, 2.24) is 20.2 Å². The zero-order chi connectivity index (χ0) is 7.40. The highest BCUT2D eigenvalue weighted by atomic mass is 15.6. The fourth-order valence-electron chi connectivity index (χ4n) is 0.665. The van der Waals surface area contributed by atoms with Crippen molar-refractivity contribution in [1.29, 1.82) is 0 Å². The Kier molecular flexibility index (Phi) is 2.36. The van der Waals surface area contributed by atoms with E-state index in [9.17, 15) is 0 Å². The molecular formula is C6H12N4. The second-order valence-corrected chi connectivity index (χ2v) is 2.71. The van der Waals surface area contributed by atoms with Crippen molar-refractivity contribution in [2.45, 2.75) is 26.8 Å². The molecule has 0 atom stereocenters. The minimum Gasteiger partial charge on any atom is -0.164 e. The summed E-state index contributed by atoms with van der Waals surface area (Å²) < 4.78 is 0. The smallest absolute Gasteiger partial charge is 0.162 e. The molecule has 1 aromatic heterocycles. The van der Waals surface area contributed by atoms with Crippen LogP contribution in [-0.4, -0.2) is 20.2 Å². The van der Waals surface area contributed by atoms with Crippen LogP contribution in [0.5, 0.6) is 0 Å². The van der Waals surface area contributed by atoms with E-state index in [1.54, 1.807) is 4.80 Å². The van der Waals surface area contributed by atoms with Crippen molar-refractivity contribution >= 4 is 0 Å². The molecule has 0 radical (unpaired) electrons. The molecule has 0 fully saturated rings. The monoisotopic (exact) mass is 140 g/mol. The van der Waals surface area contributed by atoms with E-state index in [0.717, 1.165) is 13.0 Å². The van der Waals surface area contributed by atoms with E-state index in [0.29, 0.717) is 5.92 Å². The van der Waals surface area contributed by atoms with Crippen LogP contribution in [0.1, 0.15) is 20.3 Å². The highest BCUT2D eigenvalue weighted by Gasteiger charge is 1.95. The van der Waals surface area contributed by atoms with E-state index in [1.807, 2.05) is 0 Å². The van der Waals surface area contributed by atoms with Crippen molar-refractivity contribution in [2.24, 2.45) is 5.92 Å². The molecule has 0 saturated carbocycles. The normalized spacial score (nSPS) is 10.7. The van der Waals surface area contributed by atoms with Gasteiger partial charge in [-0.25, -0.2) is 0 Å². The number of aryl methyl sites for hydroxylation is 1. The molecule has 0 N–H and O–H groups in total. The molecule has 0 aliphatic carbocycles. The predicted molar refractivity (Wildman–Crippen MR) is 37.3 cm³/mol. The number of aromatic nitrogens is 4. The van der Waals surface area contributed by atoms with E-state index in [-0.39, 0.29) is 0 Å². The Morgan fingerprint density at radius 2 is 2.30 bits per heavy atom. The van der Waals surface area contributed by atoms with Gasteiger partial charge in [0.15, 0.2) is 6.33 Å². The molecule has 0 spiro atoms. The quantitative estimate of drug-likeness (QED) is 0.621. The Morgan fingerprint density at radius 3 is 2.80 bits per heavy atom. The topological polar surface area (TPSA) is 43.6 Å². The van der Waals surface area contributed by atoms with Gasteiger partial charge in [-0.05, 0) is 17.6 Å². The maximum atomic E-state index is 3.88. The number of rotatable bonds is 3. The molecule has 4 nitrogen and oxygen atoms in total. The van der Waals surface area contributed by atoms with Gasteiger partial charge in [0, 0.05) is 0 Å². The first-order valence-corrected chi connectivity index (χ1v) is 3.50.